The first-order valence-electron chi connectivity index (χ1n) is 9.76. The number of carbonyl (C=O) groups is 2. The van der Waals surface area contributed by atoms with Crippen molar-refractivity contribution in [2.45, 2.75) is 18.8 Å². The van der Waals surface area contributed by atoms with Gasteiger partial charge in [-0.3, -0.25) is 15.0 Å². The molecule has 0 aliphatic carbocycles. The Balaban J connectivity index is 1.74. The lowest BCUT2D eigenvalue weighted by atomic mass is 10.1. The number of methoxy groups -OCH3 is 1. The van der Waals surface area contributed by atoms with E-state index in [2.05, 4.69) is 5.43 Å². The summed E-state index contributed by atoms with van der Waals surface area (Å²) in [7, 11) is 1.56. The number of anilines is 1. The van der Waals surface area contributed by atoms with E-state index >= 15 is 0 Å². The Labute approximate surface area is 186 Å². The van der Waals surface area contributed by atoms with Crippen LogP contribution in [0, 0.1) is 5.82 Å². The molecule has 0 radical (unpaired) electrons. The monoisotopic (exact) mass is 456 g/mol. The number of nitrogens with one attached hydrogen (secondary N) is 1. The van der Waals surface area contributed by atoms with Crippen molar-refractivity contribution >= 4 is 40.2 Å². The molecule has 0 spiro atoms. The van der Waals surface area contributed by atoms with Crippen molar-refractivity contribution in [1.82, 2.24) is 9.58 Å². The Morgan fingerprint density at radius 2 is 2.00 bits per heavy atom. The van der Waals surface area contributed by atoms with Gasteiger partial charge in [-0.25, -0.2) is 9.40 Å². The maximum atomic E-state index is 14.9. The smallest absolute Gasteiger partial charge is 0.252 e. The number of ether oxygens (including phenoxy) is 1. The number of aryl methyl sites for hydroxylation is 1. The third-order valence-corrected chi connectivity index (χ3v) is 6.45. The standard InChI is InChI=1S/C22H20FN3O5S/c1-3-25-10-15(22(29)30)20(28)14-8-16(23)17(9-18(14)25)24-26-19(27)11-32-21(26)12-4-6-13(31-2)7-5-12/h4-10,21,24H,3,11H2,1-2H3,(H,29,30)/p-1/t21-/m1/s1. The second-order valence-corrected chi connectivity index (χ2v) is 8.18. The van der Waals surface area contributed by atoms with Gasteiger partial charge < -0.3 is 19.2 Å². The Hall–Kier alpha value is -3.53. The Morgan fingerprint density at radius 3 is 2.62 bits per heavy atom. The minimum Gasteiger partial charge on any atom is -0.545 e. The molecule has 1 fully saturated rings. The molecule has 0 bridgehead atoms. The van der Waals surface area contributed by atoms with Crippen LogP contribution in [0.25, 0.3) is 10.9 Å². The molecule has 2 aromatic carbocycles. The highest BCUT2D eigenvalue weighted by Crippen LogP contribution is 2.39. The summed E-state index contributed by atoms with van der Waals surface area (Å²) in [6, 6.07) is 9.60. The number of carboxylic acids is 1. The molecular formula is C22H19FN3O5S-. The number of hydrogen-bond acceptors (Lipinski definition) is 7. The second kappa shape index (κ2) is 8.54. The lowest BCUT2D eigenvalue weighted by Gasteiger charge is -2.26. The van der Waals surface area contributed by atoms with Crippen LogP contribution in [-0.4, -0.2) is 34.3 Å². The molecule has 2 heterocycles. The van der Waals surface area contributed by atoms with E-state index in [1.807, 2.05) is 12.1 Å². The molecule has 3 aromatic rings. The van der Waals surface area contributed by atoms with Gasteiger partial charge in [-0.15, -0.1) is 11.8 Å². The molecule has 8 nitrogen and oxygen atoms in total. The molecule has 0 saturated carbocycles. The number of aromatic nitrogens is 1. The van der Waals surface area contributed by atoms with Gasteiger partial charge in [0.15, 0.2) is 5.43 Å². The van der Waals surface area contributed by atoms with Crippen LogP contribution in [0.3, 0.4) is 0 Å². The predicted molar refractivity (Wildman–Crippen MR) is 117 cm³/mol. The first-order valence-corrected chi connectivity index (χ1v) is 10.8. The fourth-order valence-corrected chi connectivity index (χ4v) is 4.70. The van der Waals surface area contributed by atoms with Crippen LogP contribution in [-0.2, 0) is 11.3 Å². The molecule has 10 heteroatoms. The normalized spacial score (nSPS) is 15.9. The van der Waals surface area contributed by atoms with E-state index in [1.54, 1.807) is 26.2 Å². The van der Waals surface area contributed by atoms with Crippen molar-refractivity contribution in [2.75, 3.05) is 18.3 Å². The van der Waals surface area contributed by atoms with Crippen molar-refractivity contribution in [1.29, 1.82) is 0 Å². The summed E-state index contributed by atoms with van der Waals surface area (Å²) in [5.74, 6) is -1.74. The predicted octanol–water partition coefficient (Wildman–Crippen LogP) is 2.13. The molecule has 1 atom stereocenters. The first kappa shape index (κ1) is 21.7. The molecular weight excluding hydrogens is 437 g/mol. The SMILES string of the molecule is CCn1cc(C(=O)[O-])c(=O)c2cc(F)c(NN3C(=O)CS[C@@H]3c3ccc(OC)cc3)cc21. The van der Waals surface area contributed by atoms with E-state index in [0.717, 1.165) is 11.6 Å². The number of pyridine rings is 1. The van der Waals surface area contributed by atoms with Gasteiger partial charge >= 0.3 is 0 Å². The number of benzene rings is 2. The average Bonchev–Trinajstić information content (AvgIpc) is 3.15. The molecule has 32 heavy (non-hydrogen) atoms. The van der Waals surface area contributed by atoms with Crippen molar-refractivity contribution in [3.05, 3.63) is 69.8 Å². The third-order valence-electron chi connectivity index (χ3n) is 5.24. The van der Waals surface area contributed by atoms with Gasteiger partial charge in [-0.1, -0.05) is 12.1 Å². The maximum Gasteiger partial charge on any atom is 0.252 e. The number of hydrogen-bond donors (Lipinski definition) is 1. The van der Waals surface area contributed by atoms with Crippen molar-refractivity contribution in [2.24, 2.45) is 0 Å². The summed E-state index contributed by atoms with van der Waals surface area (Å²) >= 11 is 1.39. The summed E-state index contributed by atoms with van der Waals surface area (Å²) in [5, 5.41) is 12.2. The van der Waals surface area contributed by atoms with Gasteiger partial charge in [0, 0.05) is 18.1 Å². The Morgan fingerprint density at radius 1 is 1.28 bits per heavy atom. The van der Waals surface area contributed by atoms with Crippen LogP contribution in [0.4, 0.5) is 10.1 Å². The molecule has 4 rings (SSSR count). The van der Waals surface area contributed by atoms with Crippen LogP contribution in [0.5, 0.6) is 5.75 Å². The molecule has 1 aliphatic heterocycles. The molecule has 1 saturated heterocycles. The number of nitrogens with zero attached hydrogens (tertiary/aromatic N) is 2. The number of fused-ring (bicyclic) bond motifs is 1. The number of halogens is 1. The fourth-order valence-electron chi connectivity index (χ4n) is 3.59. The second-order valence-electron chi connectivity index (χ2n) is 7.11. The Kier molecular flexibility index (Phi) is 5.79. The van der Waals surface area contributed by atoms with Crippen molar-refractivity contribution < 1.29 is 23.8 Å². The number of carboxylic acid groups (broad SMARTS) is 1. The minimum absolute atomic E-state index is 0.00494. The maximum absolute atomic E-state index is 14.9. The van der Waals surface area contributed by atoms with Gasteiger partial charge in [0.05, 0.1) is 35.6 Å². The van der Waals surface area contributed by atoms with E-state index in [-0.39, 0.29) is 22.7 Å². The summed E-state index contributed by atoms with van der Waals surface area (Å²) in [5.41, 5.74) is 2.66. The highest BCUT2D eigenvalue weighted by Gasteiger charge is 2.34. The van der Waals surface area contributed by atoms with E-state index < -0.39 is 28.2 Å². The van der Waals surface area contributed by atoms with Crippen LogP contribution in [0.15, 0.2) is 47.4 Å². The molecule has 166 valence electrons. The van der Waals surface area contributed by atoms with Crippen molar-refractivity contribution in [3.8, 4) is 5.75 Å². The summed E-state index contributed by atoms with van der Waals surface area (Å²) in [6.45, 7) is 2.11. The zero-order chi connectivity index (χ0) is 23.0. The highest BCUT2D eigenvalue weighted by atomic mass is 32.2. The highest BCUT2D eigenvalue weighted by molar-refractivity contribution is 8.00. The van der Waals surface area contributed by atoms with Gasteiger partial charge in [0.2, 0.25) is 0 Å². The van der Waals surface area contributed by atoms with Crippen molar-refractivity contribution in [3.63, 3.8) is 0 Å². The number of thioether (sulfide) groups is 1. The Bertz CT molecular complexity index is 1280. The van der Waals surface area contributed by atoms with E-state index in [9.17, 15) is 23.9 Å². The van der Waals surface area contributed by atoms with Crippen LogP contribution >= 0.6 is 11.8 Å². The molecule has 1 amide bonds. The van der Waals surface area contributed by atoms with Gasteiger partial charge in [-0.2, -0.15) is 0 Å². The van der Waals surface area contributed by atoms with Gasteiger partial charge in [0.25, 0.3) is 5.91 Å². The number of aromatic carboxylic acids is 1. The average molecular weight is 456 g/mol. The van der Waals surface area contributed by atoms with E-state index in [0.29, 0.717) is 17.8 Å². The molecule has 1 N–H and O–H groups in total. The largest absolute Gasteiger partial charge is 0.545 e. The summed E-state index contributed by atoms with van der Waals surface area (Å²) < 4.78 is 21.6. The van der Waals surface area contributed by atoms with Gasteiger partial charge in [-0.05, 0) is 36.8 Å². The summed E-state index contributed by atoms with van der Waals surface area (Å²) in [4.78, 5) is 36.3. The lowest BCUT2D eigenvalue weighted by Crippen LogP contribution is -2.34. The zero-order valence-electron chi connectivity index (χ0n) is 17.3. The lowest BCUT2D eigenvalue weighted by molar-refractivity contribution is -0.255. The molecule has 1 aliphatic rings. The van der Waals surface area contributed by atoms with Crippen LogP contribution < -0.4 is 20.7 Å². The van der Waals surface area contributed by atoms with E-state index in [4.69, 9.17) is 4.74 Å². The van der Waals surface area contributed by atoms with Crippen LogP contribution in [0.2, 0.25) is 0 Å². The summed E-state index contributed by atoms with van der Waals surface area (Å²) in [6.07, 6.45) is 1.18. The fraction of sp³-hybridized carbons (Fsp3) is 0.227. The minimum atomic E-state index is -1.62. The van der Waals surface area contributed by atoms with Crippen LogP contribution in [0.1, 0.15) is 28.2 Å². The molecule has 0 unspecified atom stereocenters. The topological polar surface area (TPSA) is 104 Å². The molecule has 1 aromatic heterocycles. The zero-order valence-corrected chi connectivity index (χ0v) is 18.1. The van der Waals surface area contributed by atoms with Gasteiger partial charge in [0.1, 0.15) is 16.9 Å². The first-order chi connectivity index (χ1) is 15.3. The van der Waals surface area contributed by atoms with E-state index in [1.165, 1.54) is 33.6 Å². The number of rotatable bonds is 6. The number of hydrazine groups is 1. The number of carbonyl (C=O) groups excluding carboxylic acids is 2. The third kappa shape index (κ3) is 3.77. The number of amides is 1. The quantitative estimate of drug-likeness (QED) is 0.606.